The fraction of sp³-hybridized carbons (Fsp3) is 0.636. The van der Waals surface area contributed by atoms with Gasteiger partial charge in [-0.15, -0.1) is 0 Å². The normalized spacial score (nSPS) is 37.6. The van der Waals surface area contributed by atoms with Crippen molar-refractivity contribution in [1.29, 1.82) is 0 Å². The largest absolute Gasteiger partial charge is 0.362 e. The molecule has 144 valence electrons. The number of para-hydroxylation sites is 1. The molecule has 1 aliphatic heterocycles. The van der Waals surface area contributed by atoms with E-state index in [0.29, 0.717) is 11.6 Å². The first-order valence-electron chi connectivity index (χ1n) is 10.5. The minimum absolute atomic E-state index is 0.00690. The van der Waals surface area contributed by atoms with Crippen LogP contribution in [0.25, 0.3) is 0 Å². The van der Waals surface area contributed by atoms with Crippen molar-refractivity contribution < 1.29 is 9.59 Å². The zero-order valence-corrected chi connectivity index (χ0v) is 16.0. The van der Waals surface area contributed by atoms with Crippen molar-refractivity contribution >= 4 is 17.5 Å². The molecule has 1 spiro atoms. The number of anilines is 1. The fourth-order valence-electron chi connectivity index (χ4n) is 6.23. The Bertz CT molecular complexity index is 788. The quantitative estimate of drug-likeness (QED) is 0.750. The first-order valence-corrected chi connectivity index (χ1v) is 10.5. The van der Waals surface area contributed by atoms with E-state index in [1.807, 2.05) is 24.3 Å². The van der Waals surface area contributed by atoms with Gasteiger partial charge >= 0.3 is 0 Å². The minimum Gasteiger partial charge on any atom is -0.362 e. The monoisotopic (exact) mass is 367 g/mol. The van der Waals surface area contributed by atoms with Gasteiger partial charge in [-0.25, -0.2) is 0 Å². The Morgan fingerprint density at radius 1 is 1.15 bits per heavy atom. The molecule has 0 aromatic heterocycles. The van der Waals surface area contributed by atoms with Crippen molar-refractivity contribution in [3.05, 3.63) is 29.8 Å². The van der Waals surface area contributed by atoms with Gasteiger partial charge in [-0.3, -0.25) is 9.59 Å². The lowest BCUT2D eigenvalue weighted by atomic mass is 9.51. The second kappa shape index (κ2) is 5.98. The first kappa shape index (κ1) is 17.1. The molecule has 4 atom stereocenters. The predicted molar refractivity (Wildman–Crippen MR) is 104 cm³/mol. The molecule has 0 radical (unpaired) electrons. The third kappa shape index (κ3) is 2.66. The summed E-state index contributed by atoms with van der Waals surface area (Å²) >= 11 is 0. The standard InChI is InChI=1S/C22H29N3O2/c1-21-11-10-14(12-17(21)20(27)23-15-6-2-3-7-15)22(13-21)24-18-9-5-4-8-16(18)19(26)25-22/h4-5,8-9,14-15,17,24H,2-3,6-7,10-13H2,1H3,(H,23,27)(H,25,26)/t14-,17-,21-,22-/m0/s1. The zero-order valence-electron chi connectivity index (χ0n) is 16.0. The Morgan fingerprint density at radius 3 is 2.70 bits per heavy atom. The molecule has 4 saturated carbocycles. The summed E-state index contributed by atoms with van der Waals surface area (Å²) in [5, 5.41) is 10.3. The number of nitrogens with one attached hydrogen (secondary N) is 3. The summed E-state index contributed by atoms with van der Waals surface area (Å²) in [6.07, 6.45) is 8.48. The summed E-state index contributed by atoms with van der Waals surface area (Å²) in [6, 6.07) is 8.10. The molecular formula is C22H29N3O2. The van der Waals surface area contributed by atoms with Gasteiger partial charge in [0.1, 0.15) is 5.66 Å². The van der Waals surface area contributed by atoms with Gasteiger partial charge in [0.2, 0.25) is 5.91 Å². The second-order valence-corrected chi connectivity index (χ2v) is 9.44. The van der Waals surface area contributed by atoms with Gasteiger partial charge in [0, 0.05) is 23.6 Å². The highest BCUT2D eigenvalue weighted by atomic mass is 16.2. The van der Waals surface area contributed by atoms with Gasteiger partial charge in [0.15, 0.2) is 0 Å². The van der Waals surface area contributed by atoms with Crippen LogP contribution in [0.5, 0.6) is 0 Å². The molecule has 5 aliphatic rings. The molecule has 1 heterocycles. The smallest absolute Gasteiger partial charge is 0.255 e. The molecule has 4 fully saturated rings. The van der Waals surface area contributed by atoms with Crippen LogP contribution in [0, 0.1) is 17.3 Å². The van der Waals surface area contributed by atoms with Gasteiger partial charge in [0.05, 0.1) is 5.56 Å². The lowest BCUT2D eigenvalue weighted by Crippen LogP contribution is -2.70. The summed E-state index contributed by atoms with van der Waals surface area (Å²) in [7, 11) is 0. The van der Waals surface area contributed by atoms with E-state index in [1.165, 1.54) is 12.8 Å². The summed E-state index contributed by atoms with van der Waals surface area (Å²) in [4.78, 5) is 25.8. The molecule has 3 N–H and O–H groups in total. The van der Waals surface area contributed by atoms with Gasteiger partial charge in [0.25, 0.3) is 5.91 Å². The van der Waals surface area contributed by atoms with E-state index in [4.69, 9.17) is 0 Å². The highest BCUT2D eigenvalue weighted by Crippen LogP contribution is 2.58. The molecular weight excluding hydrogens is 338 g/mol. The van der Waals surface area contributed by atoms with Gasteiger partial charge in [-0.1, -0.05) is 31.9 Å². The first-order chi connectivity index (χ1) is 13.0. The van der Waals surface area contributed by atoms with Crippen LogP contribution in [0.2, 0.25) is 0 Å². The van der Waals surface area contributed by atoms with Crippen molar-refractivity contribution in [3.8, 4) is 0 Å². The van der Waals surface area contributed by atoms with E-state index in [1.54, 1.807) is 0 Å². The Kier molecular flexibility index (Phi) is 3.78. The summed E-state index contributed by atoms with van der Waals surface area (Å²) in [5.41, 5.74) is 1.14. The lowest BCUT2D eigenvalue weighted by Gasteiger charge is -2.60. The SMILES string of the molecule is C[C@@]12CC[C@@H](C[C@H]1C(=O)NC1CCCC1)[C@]1(C2)NC(=O)c2ccccc2N1. The van der Waals surface area contributed by atoms with Crippen LogP contribution in [-0.2, 0) is 4.79 Å². The topological polar surface area (TPSA) is 70.2 Å². The molecule has 5 heteroatoms. The molecule has 0 saturated heterocycles. The molecule has 0 unspecified atom stereocenters. The third-order valence-corrected chi connectivity index (χ3v) is 7.69. The number of hydrogen-bond donors (Lipinski definition) is 3. The average Bonchev–Trinajstić information content (AvgIpc) is 3.14. The van der Waals surface area contributed by atoms with Crippen LogP contribution in [0.3, 0.4) is 0 Å². The lowest BCUT2D eigenvalue weighted by molar-refractivity contribution is -0.140. The number of rotatable bonds is 2. The predicted octanol–water partition coefficient (Wildman–Crippen LogP) is 3.42. The van der Waals surface area contributed by atoms with E-state index < -0.39 is 5.66 Å². The van der Waals surface area contributed by atoms with Crippen molar-refractivity contribution in [3.63, 3.8) is 0 Å². The van der Waals surface area contributed by atoms with Crippen molar-refractivity contribution in [2.45, 2.75) is 70.0 Å². The van der Waals surface area contributed by atoms with E-state index in [9.17, 15) is 9.59 Å². The Balaban J connectivity index is 1.39. The Morgan fingerprint density at radius 2 is 1.93 bits per heavy atom. The summed E-state index contributed by atoms with van der Waals surface area (Å²) in [5.74, 6) is 0.591. The van der Waals surface area contributed by atoms with Crippen molar-refractivity contribution in [2.75, 3.05) is 5.32 Å². The summed E-state index contributed by atoms with van der Waals surface area (Å²) in [6.45, 7) is 2.25. The Labute approximate surface area is 160 Å². The maximum absolute atomic E-state index is 13.1. The van der Waals surface area contributed by atoms with Gasteiger partial charge in [-0.05, 0) is 56.1 Å². The highest BCUT2D eigenvalue weighted by molar-refractivity contribution is 6.02. The van der Waals surface area contributed by atoms with E-state index in [2.05, 4.69) is 22.9 Å². The maximum atomic E-state index is 13.1. The average molecular weight is 367 g/mol. The van der Waals surface area contributed by atoms with Crippen LogP contribution in [0.15, 0.2) is 24.3 Å². The van der Waals surface area contributed by atoms with Crippen LogP contribution in [-0.4, -0.2) is 23.5 Å². The van der Waals surface area contributed by atoms with E-state index >= 15 is 0 Å². The number of carbonyl (C=O) groups excluding carboxylic acids is 2. The summed E-state index contributed by atoms with van der Waals surface area (Å²) < 4.78 is 0. The molecule has 1 aromatic rings. The maximum Gasteiger partial charge on any atom is 0.255 e. The minimum atomic E-state index is -0.414. The number of hydrogen-bond acceptors (Lipinski definition) is 3. The number of amides is 2. The zero-order chi connectivity index (χ0) is 18.6. The number of fused-ring (bicyclic) bond motifs is 3. The van der Waals surface area contributed by atoms with E-state index in [0.717, 1.165) is 44.2 Å². The molecule has 5 nitrogen and oxygen atoms in total. The van der Waals surface area contributed by atoms with Crippen LogP contribution < -0.4 is 16.0 Å². The van der Waals surface area contributed by atoms with E-state index in [-0.39, 0.29) is 29.1 Å². The van der Waals surface area contributed by atoms with Crippen LogP contribution in [0.4, 0.5) is 5.69 Å². The number of carbonyl (C=O) groups is 2. The molecule has 6 rings (SSSR count). The number of benzene rings is 1. The van der Waals surface area contributed by atoms with Crippen molar-refractivity contribution in [1.82, 2.24) is 10.6 Å². The molecule has 2 amide bonds. The second-order valence-electron chi connectivity index (χ2n) is 9.44. The fourth-order valence-corrected chi connectivity index (χ4v) is 6.23. The van der Waals surface area contributed by atoms with Gasteiger partial charge in [-0.2, -0.15) is 0 Å². The van der Waals surface area contributed by atoms with Crippen LogP contribution in [0.1, 0.15) is 68.6 Å². The molecule has 27 heavy (non-hydrogen) atoms. The van der Waals surface area contributed by atoms with Crippen LogP contribution >= 0.6 is 0 Å². The van der Waals surface area contributed by atoms with Crippen molar-refractivity contribution in [2.24, 2.45) is 17.3 Å². The Hall–Kier alpha value is -2.04. The van der Waals surface area contributed by atoms with Gasteiger partial charge < -0.3 is 16.0 Å². The molecule has 2 bridgehead atoms. The third-order valence-electron chi connectivity index (χ3n) is 7.69. The molecule has 1 aromatic carbocycles. The highest BCUT2D eigenvalue weighted by Gasteiger charge is 2.60. The molecule has 4 aliphatic carbocycles.